The molecule has 0 bridgehead atoms. The molecule has 1 aromatic carbocycles. The summed E-state index contributed by atoms with van der Waals surface area (Å²) in [4.78, 5) is 59.5. The molecule has 0 radical (unpaired) electrons. The summed E-state index contributed by atoms with van der Waals surface area (Å²) in [5.41, 5.74) is -1.75. The molecule has 2 aromatic rings. The van der Waals surface area contributed by atoms with Gasteiger partial charge in [-0.25, -0.2) is 31.7 Å². The summed E-state index contributed by atoms with van der Waals surface area (Å²) in [6.45, 7) is 3.51. The average Bonchev–Trinajstić information content (AvgIpc) is 3.95. The number of carboxylic acid groups (broad SMARTS) is 1. The predicted octanol–water partition coefficient (Wildman–Crippen LogP) is 3.16. The monoisotopic (exact) mass is 733 g/mol. The second-order valence-electron chi connectivity index (χ2n) is 14.1. The Bertz CT molecular complexity index is 1890. The van der Waals surface area contributed by atoms with Crippen molar-refractivity contribution in [1.29, 1.82) is 0 Å². The molecular formula is C34H41F2N5O9S. The third-order valence-corrected chi connectivity index (χ3v) is 12.1. The van der Waals surface area contributed by atoms with Gasteiger partial charge in [0.2, 0.25) is 22.7 Å². The Morgan fingerprint density at radius 1 is 1.16 bits per heavy atom. The fourth-order valence-corrected chi connectivity index (χ4v) is 8.45. The average molecular weight is 734 g/mol. The summed E-state index contributed by atoms with van der Waals surface area (Å²) in [6.07, 6.45) is 3.68. The summed E-state index contributed by atoms with van der Waals surface area (Å²) in [6, 6.07) is 1.40. The van der Waals surface area contributed by atoms with Crippen LogP contribution in [-0.2, 0) is 24.4 Å². The van der Waals surface area contributed by atoms with Crippen molar-refractivity contribution < 1.29 is 51.0 Å². The molecule has 6 rings (SSSR count). The van der Waals surface area contributed by atoms with Crippen LogP contribution in [0.1, 0.15) is 58.8 Å². The Morgan fingerprint density at radius 2 is 1.90 bits per heavy atom. The summed E-state index contributed by atoms with van der Waals surface area (Å²) in [5.74, 6) is -3.86. The highest BCUT2D eigenvalue weighted by molar-refractivity contribution is 7.91. The molecule has 1 saturated heterocycles. The maximum Gasteiger partial charge on any atom is 0.405 e. The molecule has 4 amide bonds. The largest absolute Gasteiger partial charge is 0.494 e. The van der Waals surface area contributed by atoms with E-state index in [4.69, 9.17) is 9.47 Å². The van der Waals surface area contributed by atoms with E-state index in [1.165, 1.54) is 36.4 Å². The first kappa shape index (κ1) is 36.3. The number of methoxy groups -OCH3 is 1. The summed E-state index contributed by atoms with van der Waals surface area (Å²) in [7, 11) is -3.26. The highest BCUT2D eigenvalue weighted by Gasteiger charge is 2.64. The van der Waals surface area contributed by atoms with E-state index in [0.29, 0.717) is 30.4 Å². The van der Waals surface area contributed by atoms with E-state index < -0.39 is 80.2 Å². The number of nitrogens with zero attached hydrogens (tertiary/aromatic N) is 2. The molecule has 3 fully saturated rings. The van der Waals surface area contributed by atoms with Crippen molar-refractivity contribution in [2.75, 3.05) is 13.7 Å². The second-order valence-corrected chi connectivity index (χ2v) is 16.1. The number of alkyl halides is 1. The number of halogens is 2. The fraction of sp³-hybridized carbons (Fsp3) is 0.559. The number of rotatable bonds is 7. The molecule has 2 saturated carbocycles. The summed E-state index contributed by atoms with van der Waals surface area (Å²) in [5, 5.41) is 12.9. The van der Waals surface area contributed by atoms with Gasteiger partial charge in [0.05, 0.1) is 25.2 Å². The van der Waals surface area contributed by atoms with Crippen LogP contribution in [0, 0.1) is 23.6 Å². The van der Waals surface area contributed by atoms with Gasteiger partial charge < -0.3 is 30.1 Å². The molecular weight excluding hydrogens is 692 g/mol. The lowest BCUT2D eigenvalue weighted by atomic mass is 9.88. The Labute approximate surface area is 293 Å². The molecule has 3 heterocycles. The van der Waals surface area contributed by atoms with Crippen molar-refractivity contribution in [2.45, 2.75) is 87.5 Å². The SMILES string of the molecule is COc1cnc(O[C@@H]2C[C@H]3C(=O)NC4(C(=O)NS(=O)(=O)C5(F)CC5)CC4/C=C\CC[C@@H](C)C[C@@H](C)[C@H](NC(=O)O)C(=O)N3C2)c2cc(F)ccc12. The van der Waals surface area contributed by atoms with Crippen LogP contribution in [0.25, 0.3) is 10.8 Å². The van der Waals surface area contributed by atoms with E-state index in [9.17, 15) is 41.5 Å². The number of allylic oxidation sites excluding steroid dienone is 1. The van der Waals surface area contributed by atoms with Crippen LogP contribution in [0.2, 0.25) is 0 Å². The number of pyridine rings is 1. The summed E-state index contributed by atoms with van der Waals surface area (Å²) >= 11 is 0. The molecule has 7 atom stereocenters. The number of benzene rings is 1. The molecule has 2 aliphatic carbocycles. The number of carbonyl (C=O) groups is 4. The van der Waals surface area contributed by atoms with Gasteiger partial charge in [-0.3, -0.25) is 14.4 Å². The number of carbonyl (C=O) groups excluding carboxylic acids is 3. The first-order valence-electron chi connectivity index (χ1n) is 16.9. The van der Waals surface area contributed by atoms with Crippen molar-refractivity contribution in [3.63, 3.8) is 0 Å². The van der Waals surface area contributed by atoms with Gasteiger partial charge in [0.25, 0.3) is 15.9 Å². The third kappa shape index (κ3) is 7.17. The number of sulfonamides is 1. The van der Waals surface area contributed by atoms with Crippen LogP contribution in [0.15, 0.2) is 36.5 Å². The number of hydrogen-bond donors (Lipinski definition) is 4. The molecule has 276 valence electrons. The molecule has 1 aromatic heterocycles. The maximum atomic E-state index is 14.7. The molecule has 14 nitrogen and oxygen atoms in total. The first-order chi connectivity index (χ1) is 24.1. The van der Waals surface area contributed by atoms with E-state index in [0.717, 1.165) is 0 Å². The molecule has 4 aliphatic rings. The smallest absolute Gasteiger partial charge is 0.405 e. The molecule has 2 aliphatic heterocycles. The topological polar surface area (TPSA) is 193 Å². The van der Waals surface area contributed by atoms with Gasteiger partial charge in [-0.05, 0) is 55.7 Å². The Morgan fingerprint density at radius 3 is 2.59 bits per heavy atom. The van der Waals surface area contributed by atoms with Gasteiger partial charge in [-0.1, -0.05) is 26.0 Å². The zero-order valence-corrected chi connectivity index (χ0v) is 29.2. The highest BCUT2D eigenvalue weighted by atomic mass is 32.2. The molecule has 0 spiro atoms. The number of nitrogens with one attached hydrogen (secondary N) is 3. The van der Waals surface area contributed by atoms with E-state index >= 15 is 0 Å². The van der Waals surface area contributed by atoms with Gasteiger partial charge in [-0.15, -0.1) is 0 Å². The minimum Gasteiger partial charge on any atom is -0.494 e. The van der Waals surface area contributed by atoms with Crippen molar-refractivity contribution in [3.8, 4) is 11.6 Å². The number of hydrogen-bond acceptors (Lipinski definition) is 9. The van der Waals surface area contributed by atoms with E-state index in [-0.39, 0.29) is 49.4 Å². The van der Waals surface area contributed by atoms with Crippen LogP contribution < -0.4 is 24.8 Å². The highest BCUT2D eigenvalue weighted by Crippen LogP contribution is 2.48. The van der Waals surface area contributed by atoms with Crippen LogP contribution in [0.3, 0.4) is 0 Å². The first-order valence-corrected chi connectivity index (χ1v) is 18.4. The van der Waals surface area contributed by atoms with Crippen LogP contribution in [0.5, 0.6) is 11.6 Å². The van der Waals surface area contributed by atoms with Crippen molar-refractivity contribution in [2.24, 2.45) is 17.8 Å². The minimum absolute atomic E-state index is 0.00183. The number of ether oxygens (including phenoxy) is 2. The molecule has 4 N–H and O–H groups in total. The Hall–Kier alpha value is -4.54. The minimum atomic E-state index is -4.69. The fourth-order valence-electron chi connectivity index (χ4n) is 7.20. The lowest BCUT2D eigenvalue weighted by Gasteiger charge is -2.32. The quantitative estimate of drug-likeness (QED) is 0.307. The van der Waals surface area contributed by atoms with Crippen LogP contribution in [-0.4, -0.2) is 89.6 Å². The molecule has 51 heavy (non-hydrogen) atoms. The molecule has 2 unspecified atom stereocenters. The van der Waals surface area contributed by atoms with Gasteiger partial charge >= 0.3 is 6.09 Å². The van der Waals surface area contributed by atoms with E-state index in [1.54, 1.807) is 13.0 Å². The Balaban J connectivity index is 1.35. The number of fused-ring (bicyclic) bond motifs is 3. The molecule has 17 heteroatoms. The number of amides is 4. The predicted molar refractivity (Wildman–Crippen MR) is 178 cm³/mol. The number of aromatic nitrogens is 1. The zero-order valence-electron chi connectivity index (χ0n) is 28.4. The van der Waals surface area contributed by atoms with Gasteiger partial charge in [-0.2, -0.15) is 0 Å². The maximum absolute atomic E-state index is 14.7. The van der Waals surface area contributed by atoms with Gasteiger partial charge in [0.15, 0.2) is 0 Å². The lowest BCUT2D eigenvalue weighted by Crippen LogP contribution is -2.59. The van der Waals surface area contributed by atoms with E-state index in [2.05, 4.69) is 15.6 Å². The van der Waals surface area contributed by atoms with Crippen molar-refractivity contribution in [3.05, 3.63) is 42.4 Å². The second kappa shape index (κ2) is 13.5. The van der Waals surface area contributed by atoms with E-state index in [1.807, 2.05) is 17.7 Å². The Kier molecular flexibility index (Phi) is 9.63. The normalized spacial score (nSPS) is 31.2. The van der Waals surface area contributed by atoms with Crippen molar-refractivity contribution in [1.82, 2.24) is 25.2 Å². The van der Waals surface area contributed by atoms with Crippen LogP contribution in [0.4, 0.5) is 13.6 Å². The standard InChI is InChI=1S/C34H41F2N5O9S/c1-18-6-4-5-7-20-15-34(20,31(44)40-51(47,48)33(36)10-11-33)39-28(42)25-14-22(17-41(25)30(43)27(19(2)12-18)38-32(45)46)50-29-24-13-21(35)8-9-23(24)26(49-3)16-37-29/h5,7-9,13,16,18-20,22,25,27,38H,4,6,10-12,14-15,17H2,1-3H3,(H,39,42)(H,40,44)(H,45,46)/b7-5-/t18-,19-,20?,22-,25+,27+,34?/m1/s1. The lowest BCUT2D eigenvalue weighted by molar-refractivity contribution is -0.142. The van der Waals surface area contributed by atoms with Crippen LogP contribution >= 0.6 is 0 Å². The third-order valence-electron chi connectivity index (χ3n) is 10.3. The summed E-state index contributed by atoms with van der Waals surface area (Å²) < 4.78 is 67.8. The van der Waals surface area contributed by atoms with Gasteiger partial charge in [0, 0.05) is 30.6 Å². The van der Waals surface area contributed by atoms with Crippen molar-refractivity contribution >= 4 is 44.6 Å². The van der Waals surface area contributed by atoms with Gasteiger partial charge in [0.1, 0.15) is 35.3 Å². The zero-order chi connectivity index (χ0) is 36.9.